The smallest absolute Gasteiger partial charge is 0.418 e. The standard InChI is InChI=1S/C79H67N7O12/c87-74(93-48-52-21-5-1-6-22-52)69(39-56-44-81-65-33-17-13-29-61(56)65)85(70(75(88)94-49-53-23-7-2-8-24-53)40-57-45-82-66-34-18-14-30-62(57)66)78(91)97-60-37-38-80-73(43-60)98-79(92)86(71(76(89)95-50-54-25-9-3-10-26-54)41-58-46-83-67-35-19-15-31-63(58)67)72(77(90)96-51-55-27-11-4-12-28-55)42-59-47-84-68-36-20-16-32-64(59)68/h1-38,43-47,69-72,81-84H,39-42,48-51H2. The minimum Gasteiger partial charge on any atom is -0.459 e. The Kier molecular flexibility index (Phi) is 19.8. The molecule has 13 aromatic rings. The van der Waals surface area contributed by atoms with Gasteiger partial charge in [-0.2, -0.15) is 0 Å². The quantitative estimate of drug-likeness (QED) is 0.0292. The highest BCUT2D eigenvalue weighted by atomic mass is 16.6. The van der Waals surface area contributed by atoms with Crippen molar-refractivity contribution in [2.45, 2.75) is 76.3 Å². The summed E-state index contributed by atoms with van der Waals surface area (Å²) in [6.45, 7) is -0.749. The van der Waals surface area contributed by atoms with Crippen LogP contribution in [0.4, 0.5) is 9.59 Å². The van der Waals surface area contributed by atoms with E-state index in [4.69, 9.17) is 28.4 Å². The molecule has 4 N–H and O–H groups in total. The Bertz CT molecular complexity index is 4340. The van der Waals surface area contributed by atoms with E-state index in [-0.39, 0.29) is 57.9 Å². The summed E-state index contributed by atoms with van der Waals surface area (Å²) in [6.07, 6.45) is 5.00. The summed E-state index contributed by atoms with van der Waals surface area (Å²) < 4.78 is 37.2. The molecule has 0 aliphatic carbocycles. The summed E-state index contributed by atoms with van der Waals surface area (Å²) in [4.78, 5) is 113. The highest BCUT2D eigenvalue weighted by Crippen LogP contribution is 2.32. The number of nitrogens with one attached hydrogen (secondary N) is 4. The van der Waals surface area contributed by atoms with Crippen LogP contribution in [0.3, 0.4) is 0 Å². The van der Waals surface area contributed by atoms with Gasteiger partial charge in [-0.3, -0.25) is 9.80 Å². The van der Waals surface area contributed by atoms with Crippen molar-refractivity contribution in [1.82, 2.24) is 34.7 Å². The Hall–Kier alpha value is -12.5. The Morgan fingerprint density at radius 2 is 0.592 bits per heavy atom. The molecule has 0 aliphatic rings. The predicted octanol–water partition coefficient (Wildman–Crippen LogP) is 14.0. The fraction of sp³-hybridized carbons (Fsp3) is 0.152. The van der Waals surface area contributed by atoms with Crippen LogP contribution < -0.4 is 9.47 Å². The number of benzene rings is 8. The molecule has 13 rings (SSSR count). The summed E-state index contributed by atoms with van der Waals surface area (Å²) in [7, 11) is 0. The van der Waals surface area contributed by atoms with Gasteiger partial charge >= 0.3 is 36.1 Å². The van der Waals surface area contributed by atoms with Gasteiger partial charge < -0.3 is 48.4 Å². The summed E-state index contributed by atoms with van der Waals surface area (Å²) in [6, 6.07) is 62.2. The SMILES string of the molecule is O=C(OCc1ccccc1)C(Cc1c[nH]c2ccccc12)N(C(=O)Oc1ccnc(OC(=O)N(C(Cc2c[nH]c3ccccc23)C(=O)OCc2ccccc2)C(Cc2c[nH]c3ccccc23)C(=O)OCc2ccccc2)c1)C(Cc1c[nH]c2ccccc12)C(=O)OCc1ccccc1. The van der Waals surface area contributed by atoms with Crippen molar-refractivity contribution in [3.05, 3.63) is 306 Å². The number of fused-ring (bicyclic) bond motifs is 4. The van der Waals surface area contributed by atoms with Crippen LogP contribution in [0.5, 0.6) is 11.6 Å². The highest BCUT2D eigenvalue weighted by molar-refractivity contribution is 5.93. The minimum absolute atomic E-state index is 0.181. The molecular formula is C79H67N7O12. The fourth-order valence-corrected chi connectivity index (χ4v) is 12.3. The van der Waals surface area contributed by atoms with E-state index in [2.05, 4.69) is 24.9 Å². The van der Waals surface area contributed by atoms with Crippen molar-refractivity contribution < 1.29 is 57.2 Å². The number of carbonyl (C=O) groups is 6. The first-order valence-electron chi connectivity index (χ1n) is 32.1. The number of pyridine rings is 1. The Labute approximate surface area is 562 Å². The molecule has 0 saturated carbocycles. The molecule has 8 aromatic carbocycles. The van der Waals surface area contributed by atoms with Crippen molar-refractivity contribution in [3.63, 3.8) is 0 Å². The number of esters is 4. The average Bonchev–Trinajstić information content (AvgIpc) is 1.38. The molecule has 5 heterocycles. The third kappa shape index (κ3) is 15.2. The largest absolute Gasteiger partial charge is 0.459 e. The van der Waals surface area contributed by atoms with Crippen LogP contribution in [-0.4, -0.2) is 95.0 Å². The number of H-pyrrole nitrogens is 4. The maximum Gasteiger partial charge on any atom is 0.418 e. The molecule has 2 amide bonds. The Balaban J connectivity index is 0.899. The van der Waals surface area contributed by atoms with Crippen LogP contribution >= 0.6 is 0 Å². The normalized spacial score (nSPS) is 12.5. The van der Waals surface area contributed by atoms with Gasteiger partial charge in [-0.15, -0.1) is 0 Å². The van der Waals surface area contributed by atoms with E-state index in [0.717, 1.165) is 53.4 Å². The van der Waals surface area contributed by atoms with E-state index in [1.807, 2.05) is 170 Å². The van der Waals surface area contributed by atoms with Gasteiger partial charge in [0, 0.05) is 106 Å². The third-order valence-corrected chi connectivity index (χ3v) is 17.2. The van der Waals surface area contributed by atoms with E-state index in [1.54, 1.807) is 73.3 Å². The van der Waals surface area contributed by atoms with Gasteiger partial charge in [0.2, 0.25) is 5.88 Å². The second-order valence-corrected chi connectivity index (χ2v) is 23.6. The molecule has 4 unspecified atom stereocenters. The monoisotopic (exact) mass is 1310 g/mol. The molecule has 98 heavy (non-hydrogen) atoms. The summed E-state index contributed by atoms with van der Waals surface area (Å²) in [5.74, 6) is -4.18. The molecule has 19 nitrogen and oxygen atoms in total. The number of carbonyl (C=O) groups excluding carboxylic acids is 6. The summed E-state index contributed by atoms with van der Waals surface area (Å²) in [5, 5.41) is 2.98. The van der Waals surface area contributed by atoms with Crippen molar-refractivity contribution >= 4 is 79.7 Å². The number of nitrogens with zero attached hydrogens (tertiary/aromatic N) is 3. The maximum atomic E-state index is 16.0. The van der Waals surface area contributed by atoms with E-state index >= 15 is 28.8 Å². The lowest BCUT2D eigenvalue weighted by Crippen LogP contribution is -2.57. The average molecular weight is 1310 g/mol. The first kappa shape index (κ1) is 64.2. The van der Waals surface area contributed by atoms with Crippen molar-refractivity contribution in [1.29, 1.82) is 0 Å². The summed E-state index contributed by atoms with van der Waals surface area (Å²) in [5.41, 5.74) is 8.12. The zero-order chi connectivity index (χ0) is 67.2. The van der Waals surface area contributed by atoms with E-state index in [0.29, 0.717) is 44.5 Å². The number of rotatable bonds is 26. The predicted molar refractivity (Wildman–Crippen MR) is 368 cm³/mol. The lowest BCUT2D eigenvalue weighted by molar-refractivity contribution is -0.159. The summed E-state index contributed by atoms with van der Waals surface area (Å²) >= 11 is 0. The van der Waals surface area contributed by atoms with Crippen LogP contribution in [-0.2, 0) is 90.2 Å². The first-order valence-corrected chi connectivity index (χ1v) is 32.1. The Morgan fingerprint density at radius 1 is 0.327 bits per heavy atom. The van der Waals surface area contributed by atoms with Crippen molar-refractivity contribution in [2.24, 2.45) is 0 Å². The van der Waals surface area contributed by atoms with Gasteiger partial charge in [0.1, 0.15) is 56.3 Å². The minimum atomic E-state index is -1.59. The molecule has 0 radical (unpaired) electrons. The zero-order valence-electron chi connectivity index (χ0n) is 53.0. The number of hydrogen-bond acceptors (Lipinski definition) is 13. The van der Waals surface area contributed by atoms with Gasteiger partial charge in [0.05, 0.1) is 0 Å². The number of ether oxygens (including phenoxy) is 6. The van der Waals surface area contributed by atoms with Crippen LogP contribution in [0.1, 0.15) is 44.5 Å². The third-order valence-electron chi connectivity index (χ3n) is 17.2. The lowest BCUT2D eigenvalue weighted by atomic mass is 9.98. The van der Waals surface area contributed by atoms with Gasteiger partial charge in [0.15, 0.2) is 0 Å². The fourth-order valence-electron chi connectivity index (χ4n) is 12.3. The number of aromatic amines is 4. The van der Waals surface area contributed by atoms with Gasteiger partial charge in [-0.25, -0.2) is 33.8 Å². The molecule has 0 bridgehead atoms. The number of para-hydroxylation sites is 4. The zero-order valence-corrected chi connectivity index (χ0v) is 53.0. The van der Waals surface area contributed by atoms with Crippen LogP contribution in [0.2, 0.25) is 0 Å². The number of hydrogen-bond donors (Lipinski definition) is 4. The second-order valence-electron chi connectivity index (χ2n) is 23.6. The second kappa shape index (κ2) is 30.3. The molecule has 0 saturated heterocycles. The van der Waals surface area contributed by atoms with E-state index < -0.39 is 66.1 Å². The molecule has 4 atom stereocenters. The first-order chi connectivity index (χ1) is 48.1. The van der Waals surface area contributed by atoms with Crippen molar-refractivity contribution in [2.75, 3.05) is 0 Å². The number of amides is 2. The molecule has 19 heteroatoms. The van der Waals surface area contributed by atoms with Crippen LogP contribution in [0.25, 0.3) is 43.6 Å². The molecule has 0 fully saturated rings. The highest BCUT2D eigenvalue weighted by Gasteiger charge is 2.45. The Morgan fingerprint density at radius 3 is 0.888 bits per heavy atom. The molecular weight excluding hydrogens is 1240 g/mol. The molecule has 490 valence electrons. The van der Waals surface area contributed by atoms with E-state index in [9.17, 15) is 0 Å². The van der Waals surface area contributed by atoms with Crippen LogP contribution in [0.15, 0.2) is 262 Å². The maximum absolute atomic E-state index is 16.0. The van der Waals surface area contributed by atoms with E-state index in [1.165, 1.54) is 18.3 Å². The van der Waals surface area contributed by atoms with Gasteiger partial charge in [-0.05, 0) is 74.8 Å². The molecule has 5 aromatic heterocycles. The molecule has 0 aliphatic heterocycles. The number of aromatic nitrogens is 5. The lowest BCUT2D eigenvalue weighted by Gasteiger charge is -2.35. The molecule has 0 spiro atoms. The van der Waals surface area contributed by atoms with Crippen molar-refractivity contribution in [3.8, 4) is 11.6 Å². The van der Waals surface area contributed by atoms with Gasteiger partial charge in [-0.1, -0.05) is 194 Å². The topological polar surface area (TPSA) is 240 Å². The van der Waals surface area contributed by atoms with Gasteiger partial charge in [0.25, 0.3) is 0 Å². The van der Waals surface area contributed by atoms with Crippen LogP contribution in [0, 0.1) is 0 Å².